The lowest BCUT2D eigenvalue weighted by Gasteiger charge is -2.39. The highest BCUT2D eigenvalue weighted by Gasteiger charge is 2.35. The summed E-state index contributed by atoms with van der Waals surface area (Å²) < 4.78 is 82.2. The minimum absolute atomic E-state index is 0.00802. The molecule has 47 heavy (non-hydrogen) atoms. The largest absolute Gasteiger partial charge is 0.392 e. The van der Waals surface area contributed by atoms with Gasteiger partial charge < -0.3 is 25.0 Å². The highest BCUT2D eigenvalue weighted by atomic mass is 19.2. The molecule has 7 nitrogen and oxygen atoms in total. The number of likely N-dealkylation sites (N-methyl/N-ethyl adjacent to an activating group) is 1. The molecule has 4 aromatic rings. The van der Waals surface area contributed by atoms with E-state index in [4.69, 9.17) is 9.47 Å². The van der Waals surface area contributed by atoms with Crippen LogP contribution in [0.3, 0.4) is 0 Å². The van der Waals surface area contributed by atoms with Crippen molar-refractivity contribution in [3.05, 3.63) is 136 Å². The normalized spacial score (nSPS) is 19.4. The van der Waals surface area contributed by atoms with Crippen LogP contribution in [0.15, 0.2) is 78.9 Å². The number of aliphatic hydroxyl groups excluding tert-OH is 2. The van der Waals surface area contributed by atoms with E-state index in [2.05, 4.69) is 5.32 Å². The van der Waals surface area contributed by atoms with Crippen molar-refractivity contribution in [2.24, 2.45) is 0 Å². The molecule has 12 heteroatoms. The van der Waals surface area contributed by atoms with E-state index in [0.717, 1.165) is 16.7 Å². The number of anilines is 1. The van der Waals surface area contributed by atoms with Crippen molar-refractivity contribution >= 4 is 11.6 Å². The Bertz CT molecular complexity index is 1680. The van der Waals surface area contributed by atoms with E-state index in [1.54, 1.807) is 18.2 Å². The number of carbonyl (C=O) groups is 1. The second kappa shape index (κ2) is 14.7. The average molecular weight is 657 g/mol. The number of benzene rings is 4. The van der Waals surface area contributed by atoms with Gasteiger partial charge in [0.05, 0.1) is 24.9 Å². The van der Waals surface area contributed by atoms with Crippen LogP contribution in [0, 0.1) is 29.1 Å². The predicted octanol–water partition coefficient (Wildman–Crippen LogP) is 6.73. The number of amides is 1. The van der Waals surface area contributed by atoms with E-state index in [1.807, 2.05) is 61.3 Å². The molecule has 0 spiro atoms. The van der Waals surface area contributed by atoms with Gasteiger partial charge in [0.15, 0.2) is 29.6 Å². The molecule has 0 unspecified atom stereocenters. The molecule has 0 bridgehead atoms. The summed E-state index contributed by atoms with van der Waals surface area (Å²) in [5.41, 5.74) is 1.08. The van der Waals surface area contributed by atoms with Gasteiger partial charge in [-0.25, -0.2) is 22.0 Å². The van der Waals surface area contributed by atoms with E-state index in [-0.39, 0.29) is 18.3 Å². The second-order valence-corrected chi connectivity index (χ2v) is 11.4. The molecule has 5 atom stereocenters. The molecule has 5 rings (SSSR count). The van der Waals surface area contributed by atoms with Gasteiger partial charge in [0.25, 0.3) is 5.91 Å². The third-order valence-corrected chi connectivity index (χ3v) is 8.25. The Morgan fingerprint density at radius 3 is 2.15 bits per heavy atom. The van der Waals surface area contributed by atoms with Crippen molar-refractivity contribution in [3.8, 4) is 0 Å². The molecule has 0 radical (unpaired) electrons. The number of carbonyl (C=O) groups excluding carboxylic acids is 1. The molecule has 1 heterocycles. The molecule has 1 aliphatic rings. The summed E-state index contributed by atoms with van der Waals surface area (Å²) in [6, 6.07) is 22.1. The van der Waals surface area contributed by atoms with Crippen molar-refractivity contribution < 1.29 is 46.4 Å². The Morgan fingerprint density at radius 2 is 1.51 bits per heavy atom. The minimum Gasteiger partial charge on any atom is -0.392 e. The topological polar surface area (TPSA) is 91.3 Å². The van der Waals surface area contributed by atoms with Crippen molar-refractivity contribution in [1.82, 2.24) is 4.90 Å². The van der Waals surface area contributed by atoms with E-state index < -0.39 is 65.2 Å². The average Bonchev–Trinajstić information content (AvgIpc) is 3.09. The molecule has 3 N–H and O–H groups in total. The number of nitrogens with zero attached hydrogens (tertiary/aromatic N) is 1. The number of rotatable bonds is 10. The zero-order valence-corrected chi connectivity index (χ0v) is 25.5. The van der Waals surface area contributed by atoms with Gasteiger partial charge in [-0.2, -0.15) is 0 Å². The van der Waals surface area contributed by atoms with Crippen LogP contribution in [0.25, 0.3) is 0 Å². The van der Waals surface area contributed by atoms with Crippen LogP contribution in [0.5, 0.6) is 0 Å². The molecule has 1 amide bonds. The Labute approximate surface area is 268 Å². The highest BCUT2D eigenvalue weighted by Crippen LogP contribution is 2.39. The zero-order valence-electron chi connectivity index (χ0n) is 25.5. The minimum atomic E-state index is -2.37. The molecule has 1 fully saturated rings. The first kappa shape index (κ1) is 34.1. The van der Waals surface area contributed by atoms with E-state index in [1.165, 1.54) is 18.2 Å². The van der Waals surface area contributed by atoms with Crippen LogP contribution in [0.1, 0.15) is 64.5 Å². The van der Waals surface area contributed by atoms with E-state index in [0.29, 0.717) is 18.5 Å². The Balaban J connectivity index is 1.38. The monoisotopic (exact) mass is 656 g/mol. The van der Waals surface area contributed by atoms with Gasteiger partial charge in [-0.1, -0.05) is 66.7 Å². The maximum Gasteiger partial charge on any atom is 0.261 e. The first-order valence-electron chi connectivity index (χ1n) is 14.8. The van der Waals surface area contributed by atoms with Gasteiger partial charge in [-0.05, 0) is 42.8 Å². The fourth-order valence-corrected chi connectivity index (χ4v) is 5.45. The number of hydrogen-bond donors (Lipinski definition) is 3. The van der Waals surface area contributed by atoms with E-state index in [9.17, 15) is 37.0 Å². The smallest absolute Gasteiger partial charge is 0.261 e. The van der Waals surface area contributed by atoms with E-state index >= 15 is 0 Å². The summed E-state index contributed by atoms with van der Waals surface area (Å²) in [5.74, 6) is -12.9. The van der Waals surface area contributed by atoms with Crippen LogP contribution >= 0.6 is 0 Å². The van der Waals surface area contributed by atoms with Crippen molar-refractivity contribution in [2.75, 3.05) is 18.9 Å². The molecule has 248 valence electrons. The third-order valence-electron chi connectivity index (χ3n) is 8.25. The van der Waals surface area contributed by atoms with Crippen molar-refractivity contribution in [3.63, 3.8) is 0 Å². The third kappa shape index (κ3) is 7.53. The highest BCUT2D eigenvalue weighted by molar-refractivity contribution is 6.04. The summed E-state index contributed by atoms with van der Waals surface area (Å²) in [4.78, 5) is 14.7. The van der Waals surface area contributed by atoms with Gasteiger partial charge in [-0.3, -0.25) is 9.69 Å². The maximum absolute atomic E-state index is 14.3. The number of ether oxygens (including phenoxy) is 2. The van der Waals surface area contributed by atoms with Crippen LogP contribution in [-0.2, 0) is 16.1 Å². The van der Waals surface area contributed by atoms with Gasteiger partial charge >= 0.3 is 0 Å². The molecule has 0 aromatic heterocycles. The van der Waals surface area contributed by atoms with Crippen LogP contribution in [0.2, 0.25) is 0 Å². The zero-order chi connectivity index (χ0) is 33.8. The SMILES string of the molecule is C[C@@H]([C@H](O)c1ccccc1)N(C)C[C@H]1C[C@@H](c2ccc(CO)cc2)O[C@@H](c2cccc(NC(=O)c3c(F)c(F)c(F)c(F)c3F)c2)O1. The summed E-state index contributed by atoms with van der Waals surface area (Å²) in [7, 11) is 1.87. The number of halogens is 5. The fourth-order valence-electron chi connectivity index (χ4n) is 5.45. The predicted molar refractivity (Wildman–Crippen MR) is 163 cm³/mol. The molecular formula is C35H33F5N2O5. The van der Waals surface area contributed by atoms with Gasteiger partial charge in [0.1, 0.15) is 5.56 Å². The Hall–Kier alpha value is -4.20. The van der Waals surface area contributed by atoms with Gasteiger partial charge in [0, 0.05) is 30.3 Å². The van der Waals surface area contributed by atoms with Crippen LogP contribution in [0.4, 0.5) is 27.6 Å². The quantitative estimate of drug-likeness (QED) is 0.0998. The maximum atomic E-state index is 14.3. The van der Waals surface area contributed by atoms with Gasteiger partial charge in [0.2, 0.25) is 5.82 Å². The first-order valence-corrected chi connectivity index (χ1v) is 14.8. The number of hydrogen-bond acceptors (Lipinski definition) is 6. The van der Waals surface area contributed by atoms with Gasteiger partial charge in [-0.15, -0.1) is 0 Å². The number of nitrogens with one attached hydrogen (secondary N) is 1. The standard InChI is InChI=1S/C35H33F5N2O5/c1-19(33(44)22-7-4-3-5-8-22)42(2)17-25-16-26(21-13-11-20(18-43)12-14-21)47-35(46-25)23-9-6-10-24(15-23)41-34(45)27-28(36)30(38)32(40)31(39)29(27)37/h3-15,19,25-26,33,35,43-44H,16-18H2,1-2H3,(H,41,45)/t19-,25+,26-,33-,35-/m0/s1. The molecule has 0 aliphatic carbocycles. The summed E-state index contributed by atoms with van der Waals surface area (Å²) in [5, 5.41) is 22.7. The van der Waals surface area contributed by atoms with Crippen molar-refractivity contribution in [2.45, 2.75) is 50.6 Å². The first-order chi connectivity index (χ1) is 22.5. The fraction of sp³-hybridized carbons (Fsp3) is 0.286. The summed E-state index contributed by atoms with van der Waals surface area (Å²) >= 11 is 0. The molecule has 0 saturated carbocycles. The summed E-state index contributed by atoms with van der Waals surface area (Å²) in [6.07, 6.45) is -2.22. The summed E-state index contributed by atoms with van der Waals surface area (Å²) in [6.45, 7) is 2.17. The lowest BCUT2D eigenvalue weighted by atomic mass is 9.98. The molecular weight excluding hydrogens is 623 g/mol. The molecule has 1 saturated heterocycles. The molecule has 4 aromatic carbocycles. The second-order valence-electron chi connectivity index (χ2n) is 11.4. The van der Waals surface area contributed by atoms with Crippen LogP contribution in [-0.4, -0.2) is 46.8 Å². The lowest BCUT2D eigenvalue weighted by Crippen LogP contribution is -2.43. The molecule has 1 aliphatic heterocycles. The Kier molecular flexibility index (Phi) is 10.7. The van der Waals surface area contributed by atoms with Crippen LogP contribution < -0.4 is 5.32 Å². The Morgan fingerprint density at radius 1 is 0.872 bits per heavy atom. The van der Waals surface area contributed by atoms with Crippen molar-refractivity contribution in [1.29, 1.82) is 0 Å². The lowest BCUT2D eigenvalue weighted by molar-refractivity contribution is -0.253. The number of aliphatic hydroxyl groups is 2.